The molecule has 3 N–H and O–H groups in total. The van der Waals surface area contributed by atoms with Crippen LogP contribution in [0.15, 0.2) is 18.2 Å². The summed E-state index contributed by atoms with van der Waals surface area (Å²) in [5.74, 6) is 0.998. The van der Waals surface area contributed by atoms with Gasteiger partial charge in [0.25, 0.3) is 0 Å². The summed E-state index contributed by atoms with van der Waals surface area (Å²) in [7, 11) is 0. The third-order valence-electron chi connectivity index (χ3n) is 3.05. The molecule has 0 amide bonds. The molecule has 2 rings (SSSR count). The molecule has 0 radical (unpaired) electrons. The Balaban J connectivity index is 2.07. The summed E-state index contributed by atoms with van der Waals surface area (Å²) in [6, 6.07) is 5.44. The van der Waals surface area contributed by atoms with Crippen molar-refractivity contribution in [2.75, 3.05) is 0 Å². The topological polar surface area (TPSA) is 52.5 Å². The average molecular weight is 207 g/mol. The largest absolute Gasteiger partial charge is 0.508 e. The van der Waals surface area contributed by atoms with Crippen molar-refractivity contribution in [3.05, 3.63) is 23.8 Å². The van der Waals surface area contributed by atoms with Gasteiger partial charge in [-0.2, -0.15) is 0 Å². The summed E-state index contributed by atoms with van der Waals surface area (Å²) in [6.07, 6.45) is 1.21. The van der Waals surface area contributed by atoms with Crippen LogP contribution in [0, 0.1) is 5.92 Å². The first-order chi connectivity index (χ1) is 7.08. The fraction of sp³-hybridized carbons (Fsp3) is 0.500. The molecule has 3 atom stereocenters. The van der Waals surface area contributed by atoms with E-state index >= 15 is 0 Å². The van der Waals surface area contributed by atoms with Gasteiger partial charge in [0.15, 0.2) is 0 Å². The van der Waals surface area contributed by atoms with Crippen LogP contribution in [0.4, 0.5) is 0 Å². The number of benzene rings is 1. The highest BCUT2D eigenvalue weighted by atomic mass is 16.3. The molecular formula is C12H17NO2. The van der Waals surface area contributed by atoms with E-state index in [1.54, 1.807) is 12.1 Å². The summed E-state index contributed by atoms with van der Waals surface area (Å²) >= 11 is 0. The summed E-state index contributed by atoms with van der Waals surface area (Å²) in [5, 5.41) is 22.3. The molecule has 15 heavy (non-hydrogen) atoms. The Bertz CT molecular complexity index is 365. The third kappa shape index (κ3) is 2.23. The number of hydrogen-bond acceptors (Lipinski definition) is 3. The maximum atomic E-state index is 9.66. The fourth-order valence-electron chi connectivity index (χ4n) is 1.86. The molecule has 1 saturated carbocycles. The van der Waals surface area contributed by atoms with Crippen molar-refractivity contribution < 1.29 is 10.2 Å². The van der Waals surface area contributed by atoms with E-state index in [0.29, 0.717) is 6.04 Å². The quantitative estimate of drug-likeness (QED) is 0.712. The summed E-state index contributed by atoms with van der Waals surface area (Å²) in [5.41, 5.74) is 0.840. The number of phenolic OH excluding ortho intramolecular Hbond substituents is 2. The predicted octanol–water partition coefficient (Wildman–Crippen LogP) is 2.16. The van der Waals surface area contributed by atoms with E-state index in [0.717, 1.165) is 11.5 Å². The summed E-state index contributed by atoms with van der Waals surface area (Å²) in [4.78, 5) is 0. The minimum atomic E-state index is 0.100. The molecule has 3 heteroatoms. The lowest BCUT2D eigenvalue weighted by atomic mass is 10.1. The maximum Gasteiger partial charge on any atom is 0.124 e. The molecule has 0 aromatic heterocycles. The first-order valence-electron chi connectivity index (χ1n) is 5.36. The molecule has 1 aromatic carbocycles. The zero-order valence-corrected chi connectivity index (χ0v) is 9.07. The molecule has 0 spiro atoms. The van der Waals surface area contributed by atoms with Crippen molar-refractivity contribution in [2.45, 2.75) is 32.4 Å². The van der Waals surface area contributed by atoms with Gasteiger partial charge in [-0.15, -0.1) is 0 Å². The molecular weight excluding hydrogens is 190 g/mol. The first kappa shape index (κ1) is 10.3. The van der Waals surface area contributed by atoms with E-state index in [4.69, 9.17) is 0 Å². The van der Waals surface area contributed by atoms with Crippen molar-refractivity contribution in [2.24, 2.45) is 5.92 Å². The van der Waals surface area contributed by atoms with E-state index in [2.05, 4.69) is 12.2 Å². The second-order valence-electron chi connectivity index (χ2n) is 4.45. The predicted molar refractivity (Wildman–Crippen MR) is 58.9 cm³/mol. The minimum Gasteiger partial charge on any atom is -0.508 e. The number of hydrogen-bond donors (Lipinski definition) is 3. The van der Waals surface area contributed by atoms with Gasteiger partial charge in [0.1, 0.15) is 11.5 Å². The van der Waals surface area contributed by atoms with Crippen molar-refractivity contribution in [1.29, 1.82) is 0 Å². The Morgan fingerprint density at radius 2 is 2.07 bits per heavy atom. The Morgan fingerprint density at radius 1 is 1.40 bits per heavy atom. The van der Waals surface area contributed by atoms with Crippen LogP contribution in [-0.4, -0.2) is 16.3 Å². The van der Waals surface area contributed by atoms with Crippen LogP contribution >= 0.6 is 0 Å². The van der Waals surface area contributed by atoms with Crippen LogP contribution in [0.1, 0.15) is 31.9 Å². The van der Waals surface area contributed by atoms with Crippen molar-refractivity contribution in [3.63, 3.8) is 0 Å². The van der Waals surface area contributed by atoms with Gasteiger partial charge >= 0.3 is 0 Å². The lowest BCUT2D eigenvalue weighted by Crippen LogP contribution is -2.22. The Kier molecular flexibility index (Phi) is 2.57. The molecule has 0 bridgehead atoms. The highest BCUT2D eigenvalue weighted by molar-refractivity contribution is 5.40. The lowest BCUT2D eigenvalue weighted by molar-refractivity contribution is 0.434. The van der Waals surface area contributed by atoms with Gasteiger partial charge in [-0.3, -0.25) is 0 Å². The maximum absolute atomic E-state index is 9.66. The molecule has 1 aliphatic rings. The Labute approximate surface area is 89.8 Å². The van der Waals surface area contributed by atoms with E-state index in [1.165, 1.54) is 12.5 Å². The minimum absolute atomic E-state index is 0.100. The smallest absolute Gasteiger partial charge is 0.124 e. The second kappa shape index (κ2) is 3.74. The van der Waals surface area contributed by atoms with Gasteiger partial charge in [-0.25, -0.2) is 0 Å². The van der Waals surface area contributed by atoms with E-state index in [-0.39, 0.29) is 17.5 Å². The van der Waals surface area contributed by atoms with E-state index in [9.17, 15) is 10.2 Å². The number of aromatic hydroxyl groups is 2. The molecule has 0 heterocycles. The zero-order chi connectivity index (χ0) is 11.0. The highest BCUT2D eigenvalue weighted by Gasteiger charge is 2.33. The lowest BCUT2D eigenvalue weighted by Gasteiger charge is -2.15. The fourth-order valence-corrected chi connectivity index (χ4v) is 1.86. The van der Waals surface area contributed by atoms with Crippen LogP contribution < -0.4 is 5.32 Å². The molecule has 1 aliphatic carbocycles. The van der Waals surface area contributed by atoms with Crippen LogP contribution in [0.3, 0.4) is 0 Å². The third-order valence-corrected chi connectivity index (χ3v) is 3.05. The van der Waals surface area contributed by atoms with Crippen LogP contribution in [0.2, 0.25) is 0 Å². The van der Waals surface area contributed by atoms with Gasteiger partial charge in [0.05, 0.1) is 0 Å². The molecule has 1 aromatic rings. The monoisotopic (exact) mass is 207 g/mol. The molecule has 3 nitrogen and oxygen atoms in total. The van der Waals surface area contributed by atoms with Gasteiger partial charge < -0.3 is 15.5 Å². The molecule has 0 aliphatic heterocycles. The Hall–Kier alpha value is -1.22. The average Bonchev–Trinajstić information content (AvgIpc) is 2.81. The second-order valence-corrected chi connectivity index (χ2v) is 4.45. The highest BCUT2D eigenvalue weighted by Crippen LogP contribution is 2.34. The summed E-state index contributed by atoms with van der Waals surface area (Å²) < 4.78 is 0. The van der Waals surface area contributed by atoms with E-state index < -0.39 is 0 Å². The van der Waals surface area contributed by atoms with Gasteiger partial charge in [-0.05, 0) is 25.3 Å². The van der Waals surface area contributed by atoms with Crippen LogP contribution in [-0.2, 0) is 0 Å². The number of nitrogens with one attached hydrogen (secondary N) is 1. The first-order valence-corrected chi connectivity index (χ1v) is 5.36. The van der Waals surface area contributed by atoms with Crippen molar-refractivity contribution in [1.82, 2.24) is 5.32 Å². The number of rotatable bonds is 3. The van der Waals surface area contributed by atoms with Gasteiger partial charge in [0, 0.05) is 23.7 Å². The molecule has 1 fully saturated rings. The van der Waals surface area contributed by atoms with Crippen molar-refractivity contribution in [3.8, 4) is 11.5 Å². The molecule has 3 unspecified atom stereocenters. The summed E-state index contributed by atoms with van der Waals surface area (Å²) in [6.45, 7) is 4.23. The van der Waals surface area contributed by atoms with E-state index in [1.807, 2.05) is 6.92 Å². The number of phenols is 2. The Morgan fingerprint density at radius 3 is 2.60 bits per heavy atom. The molecule has 82 valence electrons. The zero-order valence-electron chi connectivity index (χ0n) is 9.07. The van der Waals surface area contributed by atoms with Crippen LogP contribution in [0.25, 0.3) is 0 Å². The van der Waals surface area contributed by atoms with Gasteiger partial charge in [0.2, 0.25) is 0 Å². The molecule has 0 saturated heterocycles. The normalized spacial score (nSPS) is 26.3. The standard InChI is InChI=1S/C12H17NO2/c1-7-5-11(7)13-8(2)10-4-3-9(14)6-12(10)15/h3-4,6-8,11,13-15H,5H2,1-2H3. The van der Waals surface area contributed by atoms with Crippen LogP contribution in [0.5, 0.6) is 11.5 Å². The SMILES string of the molecule is CC(NC1CC1C)c1ccc(O)cc1O. The van der Waals surface area contributed by atoms with Crippen molar-refractivity contribution >= 4 is 0 Å². The van der Waals surface area contributed by atoms with Gasteiger partial charge in [-0.1, -0.05) is 13.0 Å².